The number of carbonyl (C=O) groups is 2. The van der Waals surface area contributed by atoms with Crippen LogP contribution in [0.3, 0.4) is 0 Å². The molecule has 2 unspecified atom stereocenters. The van der Waals surface area contributed by atoms with Crippen molar-refractivity contribution in [1.29, 1.82) is 0 Å². The molecule has 0 spiro atoms. The van der Waals surface area contributed by atoms with E-state index >= 15 is 0 Å². The van der Waals surface area contributed by atoms with Crippen molar-refractivity contribution >= 4 is 46.0 Å². The summed E-state index contributed by atoms with van der Waals surface area (Å²) in [6, 6.07) is 20.2. The first-order valence-electron chi connectivity index (χ1n) is 12.6. The first kappa shape index (κ1) is 34.9. The van der Waals surface area contributed by atoms with Crippen LogP contribution in [-0.4, -0.2) is 65.6 Å². The summed E-state index contributed by atoms with van der Waals surface area (Å²) in [7, 11) is -4.12. The predicted molar refractivity (Wildman–Crippen MR) is 154 cm³/mol. The van der Waals surface area contributed by atoms with Gasteiger partial charge >= 0.3 is 88.4 Å². The molecule has 2 atom stereocenters. The number of amides is 2. The minimum Gasteiger partial charge on any atom is -0.289 e. The van der Waals surface area contributed by atoms with Crippen LogP contribution in [0.5, 0.6) is 0 Å². The summed E-state index contributed by atoms with van der Waals surface area (Å²) >= 11 is -4.76. The Bertz CT molecular complexity index is 1470. The molecular formula is C27H34AsN3O10S. The molecule has 0 saturated heterocycles. The fourth-order valence-corrected chi connectivity index (χ4v) is 6.40. The maximum absolute atomic E-state index is 13.1. The van der Waals surface area contributed by atoms with E-state index in [-0.39, 0.29) is 21.6 Å². The monoisotopic (exact) mass is 667 g/mol. The summed E-state index contributed by atoms with van der Waals surface area (Å²) in [5.74, 6) is -1.10. The molecule has 0 aliphatic heterocycles. The Morgan fingerprint density at radius 2 is 1.50 bits per heavy atom. The van der Waals surface area contributed by atoms with Crippen LogP contribution in [0, 0.1) is 0 Å². The predicted octanol–water partition coefficient (Wildman–Crippen LogP) is 2.67. The van der Waals surface area contributed by atoms with Crippen LogP contribution in [0.2, 0.25) is 0 Å². The summed E-state index contributed by atoms with van der Waals surface area (Å²) < 4.78 is 50.7. The van der Waals surface area contributed by atoms with Gasteiger partial charge in [-0.05, 0) is 43.5 Å². The number of sulfonamides is 1. The molecule has 0 heterocycles. The van der Waals surface area contributed by atoms with Gasteiger partial charge in [-0.1, -0.05) is 53.9 Å². The maximum Gasteiger partial charge on any atom is 0.265 e. The van der Waals surface area contributed by atoms with Crippen molar-refractivity contribution in [2.45, 2.75) is 51.2 Å². The summed E-state index contributed by atoms with van der Waals surface area (Å²) in [4.78, 5) is 28.0. The molecule has 0 aliphatic rings. The van der Waals surface area contributed by atoms with E-state index in [1.807, 2.05) is 30.3 Å². The molecule has 3 aromatic carbocycles. The summed E-state index contributed by atoms with van der Waals surface area (Å²) in [6.45, 7) is 6.30. The van der Waals surface area contributed by atoms with Gasteiger partial charge in [0.05, 0.1) is 11.0 Å². The molecule has 13 nitrogen and oxygen atoms in total. The number of nitrogens with one attached hydrogen (secondary N) is 2. The van der Waals surface area contributed by atoms with Crippen molar-refractivity contribution < 1.29 is 45.0 Å². The average Bonchev–Trinajstić information content (AvgIpc) is 2.97. The Morgan fingerprint density at radius 1 is 0.952 bits per heavy atom. The van der Waals surface area contributed by atoms with E-state index in [0.717, 1.165) is 11.1 Å². The molecule has 0 fully saturated rings. The third-order valence-corrected chi connectivity index (χ3v) is 9.63. The minimum absolute atomic E-state index is 0.00438. The van der Waals surface area contributed by atoms with Crippen molar-refractivity contribution in [2.24, 2.45) is 0 Å². The van der Waals surface area contributed by atoms with Crippen LogP contribution in [0.15, 0.2) is 83.8 Å². The van der Waals surface area contributed by atoms with E-state index in [1.54, 1.807) is 32.9 Å². The van der Waals surface area contributed by atoms with Gasteiger partial charge in [-0.3, -0.25) is 14.8 Å². The topological polar surface area (TPSA) is 192 Å². The zero-order valence-corrected chi connectivity index (χ0v) is 26.1. The fourth-order valence-electron chi connectivity index (χ4n) is 3.55. The number of carbonyl (C=O) groups excluding carboxylic acids is 2. The van der Waals surface area contributed by atoms with E-state index in [4.69, 9.17) is 19.4 Å². The van der Waals surface area contributed by atoms with E-state index in [0.29, 0.717) is 10.2 Å². The Hall–Kier alpha value is -3.33. The third kappa shape index (κ3) is 9.61. The SMILES string of the molecule is CC(=O)Nc1ccc([As](=O)(O)OO)cc1.CCC(C(=O)NO)N(OC(C)C)S(=O)(=O)c1ccc(-c2ccccc2)cc1. The van der Waals surface area contributed by atoms with Crippen LogP contribution in [0.25, 0.3) is 11.1 Å². The summed E-state index contributed by atoms with van der Waals surface area (Å²) in [5, 5.41) is 19.6. The first-order valence-corrected chi connectivity index (χ1v) is 17.4. The second-order valence-corrected chi connectivity index (χ2v) is 14.4. The number of hydroxylamine groups is 2. The Labute approximate surface area is 247 Å². The molecule has 0 saturated carbocycles. The largest absolute Gasteiger partial charge is 0.289 e. The van der Waals surface area contributed by atoms with Crippen LogP contribution in [-0.2, 0) is 32.1 Å². The minimum atomic E-state index is -4.76. The van der Waals surface area contributed by atoms with Gasteiger partial charge in [-0.15, -0.1) is 0 Å². The smallest absolute Gasteiger partial charge is 0.265 e. The number of rotatable bonds is 11. The fraction of sp³-hybridized carbons (Fsp3) is 0.259. The average molecular weight is 668 g/mol. The number of hydrogen-bond donors (Lipinski definition) is 5. The molecule has 5 N–H and O–H groups in total. The molecule has 0 radical (unpaired) electrons. The zero-order chi connectivity index (χ0) is 31.5. The van der Waals surface area contributed by atoms with Crippen molar-refractivity contribution in [3.8, 4) is 11.1 Å². The first-order chi connectivity index (χ1) is 19.8. The van der Waals surface area contributed by atoms with Crippen LogP contribution >= 0.6 is 0 Å². The van der Waals surface area contributed by atoms with Crippen molar-refractivity contribution in [3.63, 3.8) is 0 Å². The van der Waals surface area contributed by atoms with Crippen LogP contribution < -0.4 is 15.1 Å². The van der Waals surface area contributed by atoms with Gasteiger partial charge in [0, 0.05) is 0 Å². The van der Waals surface area contributed by atoms with Gasteiger partial charge in [0.1, 0.15) is 6.04 Å². The molecular weight excluding hydrogens is 633 g/mol. The molecule has 228 valence electrons. The summed E-state index contributed by atoms with van der Waals surface area (Å²) in [5.41, 5.74) is 3.83. The van der Waals surface area contributed by atoms with Crippen LogP contribution in [0.1, 0.15) is 34.1 Å². The maximum atomic E-state index is 13.1. The molecule has 0 bridgehead atoms. The molecule has 15 heteroatoms. The second-order valence-electron chi connectivity index (χ2n) is 9.04. The van der Waals surface area contributed by atoms with Gasteiger partial charge in [0.2, 0.25) is 0 Å². The van der Waals surface area contributed by atoms with Gasteiger partial charge in [-0.25, -0.2) is 13.9 Å². The van der Waals surface area contributed by atoms with E-state index in [9.17, 15) is 21.7 Å². The standard InChI is InChI=1S/C19H24N2O5S.C8H10AsNO5/c1-4-18(19(22)20-23)21(26-14(2)3)27(24,25)17-12-10-16(11-13-17)15-8-6-5-7-9-15;1-6(11)10-8-4-2-7(3-5-8)9(12,13)15-14/h5-14,18,23H,4H2,1-3H3,(H,20,22);2-5,14H,1H3,(H,10,11)(H,12,13). The molecule has 3 aromatic rings. The van der Waals surface area contributed by atoms with Gasteiger partial charge in [0.15, 0.2) is 0 Å². The van der Waals surface area contributed by atoms with Gasteiger partial charge in [-0.2, -0.15) is 0 Å². The normalized spacial score (nSPS) is 13.5. The second kappa shape index (κ2) is 15.8. The number of nitrogens with zero attached hydrogens (tertiary/aromatic N) is 1. The Balaban J connectivity index is 0.000000347. The van der Waals surface area contributed by atoms with E-state index < -0.39 is 42.2 Å². The number of hydrogen-bond acceptors (Lipinski definition) is 9. The Morgan fingerprint density at radius 3 is 1.95 bits per heavy atom. The van der Waals surface area contributed by atoms with Crippen molar-refractivity contribution in [3.05, 3.63) is 78.9 Å². The van der Waals surface area contributed by atoms with Gasteiger partial charge < -0.3 is 0 Å². The van der Waals surface area contributed by atoms with E-state index in [2.05, 4.69) is 9.19 Å². The van der Waals surface area contributed by atoms with Crippen LogP contribution in [0.4, 0.5) is 5.69 Å². The van der Waals surface area contributed by atoms with E-state index in [1.165, 1.54) is 48.8 Å². The van der Waals surface area contributed by atoms with Gasteiger partial charge in [0.25, 0.3) is 15.9 Å². The number of benzene rings is 3. The molecule has 2 amide bonds. The zero-order valence-electron chi connectivity index (χ0n) is 23.4. The molecule has 3 rings (SSSR count). The summed E-state index contributed by atoms with van der Waals surface area (Å²) in [6.07, 6.45) is -0.357. The molecule has 42 heavy (non-hydrogen) atoms. The third-order valence-electron chi connectivity index (χ3n) is 5.49. The van der Waals surface area contributed by atoms with Crippen molar-refractivity contribution in [2.75, 3.05) is 5.32 Å². The quantitative estimate of drug-likeness (QED) is 0.0879. The molecule has 0 aliphatic carbocycles. The number of anilines is 1. The molecule has 0 aromatic heterocycles. The van der Waals surface area contributed by atoms with Crippen molar-refractivity contribution in [1.82, 2.24) is 9.95 Å². The Kier molecular flexibility index (Phi) is 13.1.